The zero-order valence-electron chi connectivity index (χ0n) is 7.84. The van der Waals surface area contributed by atoms with Gasteiger partial charge in [0.15, 0.2) is 0 Å². The first-order chi connectivity index (χ1) is 6.95. The number of ether oxygens (including phenoxy) is 1. The van der Waals surface area contributed by atoms with Gasteiger partial charge in [-0.3, -0.25) is 0 Å². The maximum atomic E-state index is 5.68. The fourth-order valence-electron chi connectivity index (χ4n) is 2.00. The molecule has 2 atom stereocenters. The second kappa shape index (κ2) is 3.10. The minimum absolute atomic E-state index is 0.314. The van der Waals surface area contributed by atoms with E-state index >= 15 is 0 Å². The molecule has 0 saturated carbocycles. The summed E-state index contributed by atoms with van der Waals surface area (Å²) in [5.41, 5.74) is 1.30. The van der Waals surface area contributed by atoms with Gasteiger partial charge in [0.2, 0.25) is 0 Å². The smallest absolute Gasteiger partial charge is 0.110 e. The van der Waals surface area contributed by atoms with Crippen molar-refractivity contribution in [1.82, 2.24) is 0 Å². The maximum Gasteiger partial charge on any atom is 0.110 e. The molecular formula is C13H12O. The fraction of sp³-hybridized carbons (Fsp3) is 0.231. The van der Waals surface area contributed by atoms with E-state index in [4.69, 9.17) is 4.74 Å². The molecule has 3 rings (SSSR count). The molecule has 1 saturated heterocycles. The van der Waals surface area contributed by atoms with Crippen LogP contribution in [-0.4, -0.2) is 6.10 Å². The van der Waals surface area contributed by atoms with Gasteiger partial charge in [-0.15, -0.1) is 0 Å². The lowest BCUT2D eigenvalue weighted by atomic mass is 10.0. The third-order valence-corrected chi connectivity index (χ3v) is 2.81. The molecule has 1 aromatic carbocycles. The molecule has 2 aliphatic rings. The van der Waals surface area contributed by atoms with Crippen molar-refractivity contribution in [2.24, 2.45) is 5.92 Å². The van der Waals surface area contributed by atoms with Gasteiger partial charge in [0, 0.05) is 5.92 Å². The van der Waals surface area contributed by atoms with Gasteiger partial charge in [-0.25, -0.2) is 0 Å². The van der Waals surface area contributed by atoms with Gasteiger partial charge in [-0.1, -0.05) is 54.6 Å². The molecule has 0 bridgehead atoms. The van der Waals surface area contributed by atoms with E-state index in [2.05, 4.69) is 48.6 Å². The van der Waals surface area contributed by atoms with Gasteiger partial charge in [-0.05, 0) is 5.56 Å². The molecule has 1 aliphatic heterocycles. The van der Waals surface area contributed by atoms with Gasteiger partial charge in [0.25, 0.3) is 0 Å². The van der Waals surface area contributed by atoms with Crippen LogP contribution >= 0.6 is 0 Å². The van der Waals surface area contributed by atoms with Crippen LogP contribution < -0.4 is 0 Å². The predicted molar refractivity (Wildman–Crippen MR) is 55.8 cm³/mol. The highest BCUT2D eigenvalue weighted by Gasteiger charge is 2.44. The Kier molecular flexibility index (Phi) is 1.78. The molecule has 1 fully saturated rings. The van der Waals surface area contributed by atoms with Crippen molar-refractivity contribution >= 4 is 0 Å². The van der Waals surface area contributed by atoms with Crippen molar-refractivity contribution in [2.75, 3.05) is 0 Å². The number of rotatable bonds is 2. The summed E-state index contributed by atoms with van der Waals surface area (Å²) < 4.78 is 5.68. The van der Waals surface area contributed by atoms with Crippen LogP contribution in [-0.2, 0) is 4.74 Å². The normalized spacial score (nSPS) is 29.7. The molecule has 14 heavy (non-hydrogen) atoms. The van der Waals surface area contributed by atoms with E-state index in [1.807, 2.05) is 6.07 Å². The molecule has 1 aliphatic carbocycles. The SMILES string of the molecule is C1=CC([C@H]2O[C@@H]2c2ccccc2)C=C1. The molecule has 70 valence electrons. The number of benzene rings is 1. The Balaban J connectivity index is 1.74. The molecule has 0 unspecified atom stereocenters. The number of hydrogen-bond donors (Lipinski definition) is 0. The molecule has 1 heterocycles. The van der Waals surface area contributed by atoms with E-state index in [0.29, 0.717) is 18.1 Å². The van der Waals surface area contributed by atoms with E-state index < -0.39 is 0 Å². The molecule has 0 N–H and O–H groups in total. The third-order valence-electron chi connectivity index (χ3n) is 2.81. The Morgan fingerprint density at radius 3 is 2.36 bits per heavy atom. The van der Waals surface area contributed by atoms with Crippen LogP contribution in [0.3, 0.4) is 0 Å². The Hall–Kier alpha value is -1.34. The van der Waals surface area contributed by atoms with E-state index in [9.17, 15) is 0 Å². The average Bonchev–Trinajstić information content (AvgIpc) is 2.87. The number of hydrogen-bond acceptors (Lipinski definition) is 1. The van der Waals surface area contributed by atoms with Crippen molar-refractivity contribution in [3.8, 4) is 0 Å². The monoisotopic (exact) mass is 184 g/mol. The first-order valence-corrected chi connectivity index (χ1v) is 5.00. The van der Waals surface area contributed by atoms with Gasteiger partial charge in [-0.2, -0.15) is 0 Å². The standard InChI is InChI=1S/C13H12O/c1-2-6-10(7-3-1)12-13(14-12)11-8-4-5-9-11/h1-9,11-13H/t12-,13-/m1/s1. The lowest BCUT2D eigenvalue weighted by molar-refractivity contribution is 0.358. The van der Waals surface area contributed by atoms with E-state index in [0.717, 1.165) is 0 Å². The van der Waals surface area contributed by atoms with Crippen LogP contribution in [0.25, 0.3) is 0 Å². The topological polar surface area (TPSA) is 12.5 Å². The van der Waals surface area contributed by atoms with Crippen LogP contribution in [0.15, 0.2) is 54.6 Å². The van der Waals surface area contributed by atoms with E-state index in [1.54, 1.807) is 0 Å². The first kappa shape index (κ1) is 8.01. The summed E-state index contributed by atoms with van der Waals surface area (Å²) in [4.78, 5) is 0. The quantitative estimate of drug-likeness (QED) is 0.644. The highest BCUT2D eigenvalue weighted by molar-refractivity contribution is 5.28. The largest absolute Gasteiger partial charge is 0.364 e. The third kappa shape index (κ3) is 1.30. The summed E-state index contributed by atoms with van der Waals surface area (Å²) in [6.45, 7) is 0. The second-order valence-electron chi connectivity index (χ2n) is 3.78. The van der Waals surface area contributed by atoms with Crippen molar-refractivity contribution in [3.05, 3.63) is 60.2 Å². The molecule has 0 amide bonds. The number of allylic oxidation sites excluding steroid dienone is 2. The zero-order valence-corrected chi connectivity index (χ0v) is 7.84. The molecule has 0 spiro atoms. The Bertz CT molecular complexity index is 365. The van der Waals surface area contributed by atoms with Crippen molar-refractivity contribution in [1.29, 1.82) is 0 Å². The Morgan fingerprint density at radius 2 is 1.64 bits per heavy atom. The summed E-state index contributed by atoms with van der Waals surface area (Å²) in [5.74, 6) is 0.486. The zero-order chi connectivity index (χ0) is 9.38. The van der Waals surface area contributed by atoms with Gasteiger partial charge < -0.3 is 4.74 Å². The molecular weight excluding hydrogens is 172 g/mol. The highest BCUT2D eigenvalue weighted by Crippen LogP contribution is 2.44. The van der Waals surface area contributed by atoms with Crippen LogP contribution in [0.5, 0.6) is 0 Å². The van der Waals surface area contributed by atoms with Crippen LogP contribution in [0, 0.1) is 5.92 Å². The fourth-order valence-corrected chi connectivity index (χ4v) is 2.00. The Labute approximate surface area is 83.7 Å². The van der Waals surface area contributed by atoms with Crippen LogP contribution in [0.2, 0.25) is 0 Å². The van der Waals surface area contributed by atoms with Crippen LogP contribution in [0.1, 0.15) is 11.7 Å². The van der Waals surface area contributed by atoms with Gasteiger partial charge in [0.05, 0.1) is 6.10 Å². The minimum Gasteiger partial charge on any atom is -0.364 e. The lowest BCUT2D eigenvalue weighted by Gasteiger charge is -1.98. The van der Waals surface area contributed by atoms with E-state index in [-0.39, 0.29) is 0 Å². The highest BCUT2D eigenvalue weighted by atomic mass is 16.6. The minimum atomic E-state index is 0.314. The van der Waals surface area contributed by atoms with Crippen molar-refractivity contribution < 1.29 is 4.74 Å². The first-order valence-electron chi connectivity index (χ1n) is 5.00. The summed E-state index contributed by atoms with van der Waals surface area (Å²) in [7, 11) is 0. The summed E-state index contributed by atoms with van der Waals surface area (Å²) in [5, 5.41) is 0. The molecule has 0 aromatic heterocycles. The number of epoxide rings is 1. The van der Waals surface area contributed by atoms with Crippen molar-refractivity contribution in [2.45, 2.75) is 12.2 Å². The predicted octanol–water partition coefficient (Wildman–Crippen LogP) is 2.87. The molecule has 1 heteroatoms. The average molecular weight is 184 g/mol. The van der Waals surface area contributed by atoms with Crippen molar-refractivity contribution in [3.63, 3.8) is 0 Å². The molecule has 1 aromatic rings. The van der Waals surface area contributed by atoms with Crippen LogP contribution in [0.4, 0.5) is 0 Å². The lowest BCUT2D eigenvalue weighted by Crippen LogP contribution is -2.00. The van der Waals surface area contributed by atoms with Gasteiger partial charge in [0.1, 0.15) is 6.10 Å². The molecule has 0 radical (unpaired) electrons. The van der Waals surface area contributed by atoms with Gasteiger partial charge >= 0.3 is 0 Å². The summed E-state index contributed by atoms with van der Waals surface area (Å²) in [6.07, 6.45) is 9.27. The maximum absolute atomic E-state index is 5.68. The summed E-state index contributed by atoms with van der Waals surface area (Å²) in [6, 6.07) is 10.4. The second-order valence-corrected chi connectivity index (χ2v) is 3.78. The molecule has 1 nitrogen and oxygen atoms in total. The van der Waals surface area contributed by atoms with E-state index in [1.165, 1.54) is 5.56 Å². The summed E-state index contributed by atoms with van der Waals surface area (Å²) >= 11 is 0. The Morgan fingerprint density at radius 1 is 0.929 bits per heavy atom.